The van der Waals surface area contributed by atoms with E-state index in [0.29, 0.717) is 34.2 Å². The molecule has 0 radical (unpaired) electrons. The molecule has 6 nitrogen and oxygen atoms in total. The molecular weight excluding hydrogens is 570 g/mol. The van der Waals surface area contributed by atoms with Crippen LogP contribution in [0.3, 0.4) is 0 Å². The molecule has 1 aliphatic heterocycles. The Kier molecular flexibility index (Phi) is 6.27. The monoisotopic (exact) mass is 603 g/mol. The van der Waals surface area contributed by atoms with Crippen LogP contribution in [-0.2, 0) is 11.2 Å². The van der Waals surface area contributed by atoms with Crippen LogP contribution < -0.4 is 15.6 Å². The number of nitrogens with zero attached hydrogens (tertiary/aromatic N) is 2. The number of ether oxygens (including phenoxy) is 1. The standard InChI is InChI=1S/C40H33N3O3/c1-25-19-21-29(22-20-25)40-35(28-13-7-4-8-14-28)33-36(39(40,45)34-27(3)23-26(2)24-32(34)46-40)42-38(41-30-15-9-5-10-16-30)43(37(33)44)31-17-11-6-12-18-31/h4-24,35,45H,1-3H3,(H,41,42)/t35-,39+,40+/m1/s1. The first kappa shape index (κ1) is 28.0. The van der Waals surface area contributed by atoms with E-state index in [2.05, 4.69) is 11.4 Å². The number of aryl methyl sites for hydroxylation is 3. The summed E-state index contributed by atoms with van der Waals surface area (Å²) in [4.78, 5) is 20.5. The molecule has 5 aromatic carbocycles. The molecule has 8 rings (SSSR count). The molecule has 0 fully saturated rings. The molecule has 2 aliphatic rings. The summed E-state index contributed by atoms with van der Waals surface area (Å²) in [5.74, 6) is 0.210. The number of rotatable bonds is 5. The van der Waals surface area contributed by atoms with E-state index in [1.165, 1.54) is 0 Å². The van der Waals surface area contributed by atoms with Crippen LogP contribution in [0.15, 0.2) is 132 Å². The van der Waals surface area contributed by atoms with Crippen LogP contribution in [0.5, 0.6) is 5.75 Å². The average Bonchev–Trinajstić information content (AvgIpc) is 3.45. The number of aliphatic hydroxyl groups is 1. The van der Waals surface area contributed by atoms with Crippen molar-refractivity contribution in [3.63, 3.8) is 0 Å². The number of nitrogens with one attached hydrogen (secondary N) is 1. The zero-order chi connectivity index (χ0) is 31.6. The van der Waals surface area contributed by atoms with Gasteiger partial charge in [0.25, 0.3) is 5.56 Å². The second-order valence-electron chi connectivity index (χ2n) is 12.4. The minimum absolute atomic E-state index is 0.271. The van der Waals surface area contributed by atoms with Crippen LogP contribution in [0.1, 0.15) is 50.6 Å². The van der Waals surface area contributed by atoms with E-state index in [1.54, 1.807) is 4.57 Å². The highest BCUT2D eigenvalue weighted by Gasteiger charge is 2.73. The number of anilines is 2. The molecule has 3 atom stereocenters. The summed E-state index contributed by atoms with van der Waals surface area (Å²) < 4.78 is 8.77. The van der Waals surface area contributed by atoms with Gasteiger partial charge < -0.3 is 15.2 Å². The van der Waals surface area contributed by atoms with Gasteiger partial charge in [-0.15, -0.1) is 0 Å². The van der Waals surface area contributed by atoms with Gasteiger partial charge in [-0.05, 0) is 67.8 Å². The van der Waals surface area contributed by atoms with Crippen LogP contribution in [0.25, 0.3) is 5.69 Å². The van der Waals surface area contributed by atoms with E-state index in [4.69, 9.17) is 9.72 Å². The first-order chi connectivity index (χ1) is 22.3. The van der Waals surface area contributed by atoms with Crippen molar-refractivity contribution in [3.05, 3.63) is 182 Å². The van der Waals surface area contributed by atoms with E-state index in [0.717, 1.165) is 33.5 Å². The Balaban J connectivity index is 1.54. The summed E-state index contributed by atoms with van der Waals surface area (Å²) in [7, 11) is 0. The summed E-state index contributed by atoms with van der Waals surface area (Å²) in [5.41, 5.74) is 3.87. The van der Waals surface area contributed by atoms with Gasteiger partial charge in [0.05, 0.1) is 22.9 Å². The molecule has 2 N–H and O–H groups in total. The molecule has 0 spiro atoms. The second-order valence-corrected chi connectivity index (χ2v) is 12.4. The van der Waals surface area contributed by atoms with Gasteiger partial charge in [-0.25, -0.2) is 9.55 Å². The van der Waals surface area contributed by atoms with Crippen molar-refractivity contribution in [3.8, 4) is 11.4 Å². The topological polar surface area (TPSA) is 76.4 Å². The summed E-state index contributed by atoms with van der Waals surface area (Å²) >= 11 is 0. The first-order valence-corrected chi connectivity index (χ1v) is 15.5. The lowest BCUT2D eigenvalue weighted by Gasteiger charge is -2.40. The predicted octanol–water partition coefficient (Wildman–Crippen LogP) is 7.57. The van der Waals surface area contributed by atoms with Crippen LogP contribution in [0.4, 0.5) is 11.6 Å². The van der Waals surface area contributed by atoms with E-state index in [-0.39, 0.29) is 5.56 Å². The zero-order valence-electron chi connectivity index (χ0n) is 25.9. The third kappa shape index (κ3) is 3.87. The van der Waals surface area contributed by atoms with Gasteiger partial charge in [-0.2, -0.15) is 0 Å². The van der Waals surface area contributed by atoms with Crippen molar-refractivity contribution in [2.75, 3.05) is 5.32 Å². The fourth-order valence-electron chi connectivity index (χ4n) is 7.57. The lowest BCUT2D eigenvalue weighted by molar-refractivity contribution is -0.0905. The molecule has 0 bridgehead atoms. The Morgan fingerprint density at radius 3 is 2.09 bits per heavy atom. The van der Waals surface area contributed by atoms with Crippen molar-refractivity contribution >= 4 is 11.6 Å². The minimum Gasteiger partial charge on any atom is -0.477 e. The van der Waals surface area contributed by atoms with Crippen LogP contribution in [0, 0.1) is 20.8 Å². The molecule has 226 valence electrons. The zero-order valence-corrected chi connectivity index (χ0v) is 25.9. The van der Waals surface area contributed by atoms with Crippen LogP contribution in [0.2, 0.25) is 0 Å². The molecule has 6 heteroatoms. The fraction of sp³-hybridized carbons (Fsp3) is 0.150. The smallest absolute Gasteiger partial charge is 0.263 e. The van der Waals surface area contributed by atoms with E-state index in [9.17, 15) is 5.11 Å². The number of hydrogen-bond acceptors (Lipinski definition) is 5. The maximum absolute atomic E-state index is 15.2. The summed E-state index contributed by atoms with van der Waals surface area (Å²) in [6.45, 7) is 6.04. The lowest BCUT2D eigenvalue weighted by atomic mass is 9.69. The Bertz CT molecular complexity index is 2160. The van der Waals surface area contributed by atoms with Gasteiger partial charge in [0.2, 0.25) is 5.95 Å². The third-order valence-corrected chi connectivity index (χ3v) is 9.43. The molecule has 0 unspecified atom stereocenters. The van der Waals surface area contributed by atoms with Gasteiger partial charge in [0.15, 0.2) is 11.2 Å². The van der Waals surface area contributed by atoms with Crippen molar-refractivity contribution < 1.29 is 9.84 Å². The number of aromatic nitrogens is 2. The molecular formula is C40H33N3O3. The van der Waals surface area contributed by atoms with Gasteiger partial charge in [-0.1, -0.05) is 103 Å². The van der Waals surface area contributed by atoms with Gasteiger partial charge >= 0.3 is 0 Å². The predicted molar refractivity (Wildman–Crippen MR) is 180 cm³/mol. The average molecular weight is 604 g/mol. The molecule has 6 aromatic rings. The number of hydrogen-bond donors (Lipinski definition) is 2. The van der Waals surface area contributed by atoms with Crippen LogP contribution >= 0.6 is 0 Å². The SMILES string of the molecule is Cc1ccc([C@@]23Oc4cc(C)cc(C)c4[C@]2(O)c2nc(Nc4ccccc4)n(-c4ccccc4)c(=O)c2[C@H]3c2ccccc2)cc1. The van der Waals surface area contributed by atoms with Gasteiger partial charge in [0.1, 0.15) is 5.75 Å². The Morgan fingerprint density at radius 1 is 0.783 bits per heavy atom. The molecule has 1 aliphatic carbocycles. The van der Waals surface area contributed by atoms with Gasteiger partial charge in [0, 0.05) is 16.8 Å². The van der Waals surface area contributed by atoms with Crippen molar-refractivity contribution in [2.45, 2.75) is 37.9 Å². The molecule has 0 amide bonds. The normalized spacial score (nSPS) is 20.8. The Morgan fingerprint density at radius 2 is 1.41 bits per heavy atom. The van der Waals surface area contributed by atoms with Crippen LogP contribution in [-0.4, -0.2) is 14.7 Å². The lowest BCUT2D eigenvalue weighted by Crippen LogP contribution is -2.49. The number of benzene rings is 5. The maximum atomic E-state index is 15.2. The molecule has 1 aromatic heterocycles. The first-order valence-electron chi connectivity index (χ1n) is 15.5. The highest BCUT2D eigenvalue weighted by atomic mass is 16.5. The number of fused-ring (bicyclic) bond motifs is 5. The summed E-state index contributed by atoms with van der Waals surface area (Å²) in [6, 6.07) is 41.1. The molecule has 0 saturated carbocycles. The van der Waals surface area contributed by atoms with Crippen molar-refractivity contribution in [1.29, 1.82) is 0 Å². The molecule has 2 heterocycles. The minimum atomic E-state index is -1.80. The Labute approximate surface area is 267 Å². The second kappa shape index (κ2) is 10.3. The van der Waals surface area contributed by atoms with Crippen molar-refractivity contribution in [1.82, 2.24) is 9.55 Å². The Hall–Kier alpha value is -5.46. The van der Waals surface area contributed by atoms with E-state index < -0.39 is 17.1 Å². The van der Waals surface area contributed by atoms with Gasteiger partial charge in [-0.3, -0.25) is 4.79 Å². The summed E-state index contributed by atoms with van der Waals surface area (Å²) in [5, 5.41) is 17.0. The van der Waals surface area contributed by atoms with Crippen molar-refractivity contribution in [2.24, 2.45) is 0 Å². The quantitative estimate of drug-likeness (QED) is 0.213. The summed E-state index contributed by atoms with van der Waals surface area (Å²) in [6.07, 6.45) is 0. The maximum Gasteiger partial charge on any atom is 0.263 e. The highest BCUT2D eigenvalue weighted by Crippen LogP contribution is 2.68. The third-order valence-electron chi connectivity index (χ3n) is 9.43. The largest absolute Gasteiger partial charge is 0.477 e. The number of para-hydroxylation sites is 2. The fourth-order valence-corrected chi connectivity index (χ4v) is 7.57. The molecule has 0 saturated heterocycles. The van der Waals surface area contributed by atoms with E-state index in [1.807, 2.05) is 142 Å². The molecule has 46 heavy (non-hydrogen) atoms. The highest BCUT2D eigenvalue weighted by molar-refractivity contribution is 5.68. The van der Waals surface area contributed by atoms with E-state index >= 15 is 4.79 Å².